The van der Waals surface area contributed by atoms with E-state index in [4.69, 9.17) is 0 Å². The Bertz CT molecular complexity index is 710. The standard InChI is InChI=1S/C20H22N2OS/c1-2-3-7-15-10-12-16(13-11-15)14-18-19(23)22-20(24-18)21-17-8-5-4-6-9-17/h4-6,8-13,18H,2-3,7,14H2,1H3,(H,21,22,23). The summed E-state index contributed by atoms with van der Waals surface area (Å²) >= 11 is 1.52. The molecule has 0 radical (unpaired) electrons. The number of carbonyl (C=O) groups excluding carboxylic acids is 1. The van der Waals surface area contributed by atoms with Gasteiger partial charge >= 0.3 is 0 Å². The Morgan fingerprint density at radius 2 is 1.75 bits per heavy atom. The first-order chi connectivity index (χ1) is 11.7. The molecular formula is C20H22N2OS. The summed E-state index contributed by atoms with van der Waals surface area (Å²) in [5.74, 6) is 0.0461. The first-order valence-corrected chi connectivity index (χ1v) is 9.31. The molecule has 3 rings (SSSR count). The highest BCUT2D eigenvalue weighted by Gasteiger charge is 2.30. The summed E-state index contributed by atoms with van der Waals surface area (Å²) in [5.41, 5.74) is 3.43. The largest absolute Gasteiger partial charge is 0.304 e. The molecule has 2 aromatic rings. The molecule has 1 unspecified atom stereocenters. The summed E-state index contributed by atoms with van der Waals surface area (Å²) in [4.78, 5) is 16.7. The van der Waals surface area contributed by atoms with Crippen LogP contribution in [0.1, 0.15) is 30.9 Å². The number of nitrogens with zero attached hydrogens (tertiary/aromatic N) is 1. The van der Waals surface area contributed by atoms with Crippen molar-refractivity contribution in [3.8, 4) is 0 Å². The van der Waals surface area contributed by atoms with Crippen molar-refractivity contribution in [2.45, 2.75) is 37.9 Å². The molecule has 1 aliphatic heterocycles. The fraction of sp³-hybridized carbons (Fsp3) is 0.300. The van der Waals surface area contributed by atoms with Crippen LogP contribution in [0, 0.1) is 0 Å². The molecule has 0 spiro atoms. The summed E-state index contributed by atoms with van der Waals surface area (Å²) in [6.45, 7) is 2.21. The van der Waals surface area contributed by atoms with Gasteiger partial charge in [-0.2, -0.15) is 0 Å². The van der Waals surface area contributed by atoms with Gasteiger partial charge in [-0.05, 0) is 42.5 Å². The Morgan fingerprint density at radius 3 is 2.46 bits per heavy atom. The number of thioether (sulfide) groups is 1. The number of nitrogens with one attached hydrogen (secondary N) is 1. The number of aryl methyl sites for hydroxylation is 1. The molecule has 124 valence electrons. The molecule has 0 saturated carbocycles. The molecule has 0 bridgehead atoms. The third kappa shape index (κ3) is 4.48. The lowest BCUT2D eigenvalue weighted by Crippen LogP contribution is -2.25. The number of para-hydroxylation sites is 1. The Kier molecular flexibility index (Phi) is 5.70. The number of hydrogen-bond acceptors (Lipinski definition) is 3. The predicted octanol–water partition coefficient (Wildman–Crippen LogP) is 4.49. The molecule has 1 amide bonds. The molecule has 0 aliphatic carbocycles. The van der Waals surface area contributed by atoms with Crippen LogP contribution in [-0.4, -0.2) is 16.3 Å². The van der Waals surface area contributed by atoms with Crippen LogP contribution in [0.4, 0.5) is 5.69 Å². The molecule has 1 N–H and O–H groups in total. The van der Waals surface area contributed by atoms with E-state index in [0.717, 1.165) is 18.5 Å². The predicted molar refractivity (Wildman–Crippen MR) is 102 cm³/mol. The van der Waals surface area contributed by atoms with Gasteiger partial charge in [0.25, 0.3) is 0 Å². The summed E-state index contributed by atoms with van der Waals surface area (Å²) in [7, 11) is 0. The second kappa shape index (κ2) is 8.15. The number of benzene rings is 2. The van der Waals surface area contributed by atoms with Gasteiger partial charge in [0.2, 0.25) is 5.91 Å². The summed E-state index contributed by atoms with van der Waals surface area (Å²) in [6, 6.07) is 18.4. The van der Waals surface area contributed by atoms with Crippen LogP contribution in [-0.2, 0) is 17.6 Å². The van der Waals surface area contributed by atoms with E-state index in [2.05, 4.69) is 41.5 Å². The zero-order chi connectivity index (χ0) is 16.8. The molecule has 1 fully saturated rings. The van der Waals surface area contributed by atoms with E-state index in [1.165, 1.54) is 35.7 Å². The topological polar surface area (TPSA) is 41.5 Å². The first kappa shape index (κ1) is 16.8. The Labute approximate surface area is 147 Å². The molecule has 0 aromatic heterocycles. The number of carbonyl (C=O) groups is 1. The molecular weight excluding hydrogens is 316 g/mol. The minimum atomic E-state index is -0.103. The van der Waals surface area contributed by atoms with Crippen LogP contribution in [0.2, 0.25) is 0 Å². The van der Waals surface area contributed by atoms with Gasteiger partial charge in [0, 0.05) is 0 Å². The number of amides is 1. The van der Waals surface area contributed by atoms with Crippen LogP contribution in [0.25, 0.3) is 0 Å². The lowest BCUT2D eigenvalue weighted by molar-refractivity contribution is -0.118. The van der Waals surface area contributed by atoms with Gasteiger partial charge in [-0.3, -0.25) is 4.79 Å². The van der Waals surface area contributed by atoms with E-state index in [-0.39, 0.29) is 11.2 Å². The number of aliphatic imine (C=N–C) groups is 1. The molecule has 1 heterocycles. The van der Waals surface area contributed by atoms with Crippen molar-refractivity contribution in [1.29, 1.82) is 0 Å². The quantitative estimate of drug-likeness (QED) is 0.843. The fourth-order valence-electron chi connectivity index (χ4n) is 2.65. The van der Waals surface area contributed by atoms with Gasteiger partial charge in [0.05, 0.1) is 10.9 Å². The molecule has 1 saturated heterocycles. The van der Waals surface area contributed by atoms with Gasteiger partial charge in [-0.15, -0.1) is 0 Å². The van der Waals surface area contributed by atoms with Gasteiger partial charge in [-0.25, -0.2) is 4.99 Å². The third-order valence-electron chi connectivity index (χ3n) is 4.03. The van der Waals surface area contributed by atoms with Crippen LogP contribution >= 0.6 is 11.8 Å². The van der Waals surface area contributed by atoms with E-state index in [1.807, 2.05) is 30.3 Å². The van der Waals surface area contributed by atoms with Crippen LogP contribution in [0.5, 0.6) is 0 Å². The first-order valence-electron chi connectivity index (χ1n) is 8.43. The van der Waals surface area contributed by atoms with E-state index >= 15 is 0 Å². The van der Waals surface area contributed by atoms with Crippen LogP contribution in [0.3, 0.4) is 0 Å². The minimum Gasteiger partial charge on any atom is -0.304 e. The van der Waals surface area contributed by atoms with Gasteiger partial charge in [0.15, 0.2) is 5.17 Å². The fourth-order valence-corrected chi connectivity index (χ4v) is 3.68. The second-order valence-electron chi connectivity index (χ2n) is 5.97. The van der Waals surface area contributed by atoms with Gasteiger partial charge in [0.1, 0.15) is 0 Å². The normalized spacial score (nSPS) is 18.8. The summed E-state index contributed by atoms with van der Waals surface area (Å²) in [5, 5.41) is 3.47. The molecule has 1 atom stereocenters. The summed E-state index contributed by atoms with van der Waals surface area (Å²) in [6.07, 6.45) is 4.30. The smallest absolute Gasteiger partial charge is 0.239 e. The average Bonchev–Trinajstić information content (AvgIpc) is 2.94. The SMILES string of the molecule is CCCCc1ccc(CC2SC(=Nc3ccccc3)NC2=O)cc1. The lowest BCUT2D eigenvalue weighted by Gasteiger charge is -2.07. The zero-order valence-corrected chi connectivity index (χ0v) is 14.7. The highest BCUT2D eigenvalue weighted by Crippen LogP contribution is 2.25. The maximum absolute atomic E-state index is 12.2. The van der Waals surface area contributed by atoms with Crippen molar-refractivity contribution in [2.75, 3.05) is 0 Å². The Morgan fingerprint density at radius 1 is 1.04 bits per heavy atom. The molecule has 4 heteroatoms. The van der Waals surface area contributed by atoms with E-state index in [0.29, 0.717) is 5.17 Å². The number of hydrogen-bond donors (Lipinski definition) is 1. The zero-order valence-electron chi connectivity index (χ0n) is 13.9. The van der Waals surface area contributed by atoms with E-state index < -0.39 is 0 Å². The Hall–Kier alpha value is -2.07. The number of rotatable bonds is 6. The third-order valence-corrected chi connectivity index (χ3v) is 5.11. The minimum absolute atomic E-state index is 0.0461. The Balaban J connectivity index is 1.61. The van der Waals surface area contributed by atoms with Crippen molar-refractivity contribution in [3.63, 3.8) is 0 Å². The van der Waals surface area contributed by atoms with Crippen molar-refractivity contribution in [1.82, 2.24) is 5.32 Å². The van der Waals surface area contributed by atoms with Crippen molar-refractivity contribution in [3.05, 3.63) is 65.7 Å². The second-order valence-corrected chi connectivity index (χ2v) is 7.16. The summed E-state index contributed by atoms with van der Waals surface area (Å²) < 4.78 is 0. The van der Waals surface area contributed by atoms with Crippen LogP contribution in [0.15, 0.2) is 59.6 Å². The lowest BCUT2D eigenvalue weighted by atomic mass is 10.0. The van der Waals surface area contributed by atoms with Crippen molar-refractivity contribution >= 4 is 28.5 Å². The highest BCUT2D eigenvalue weighted by molar-refractivity contribution is 8.15. The van der Waals surface area contributed by atoms with Gasteiger partial charge in [-0.1, -0.05) is 67.6 Å². The van der Waals surface area contributed by atoms with Crippen molar-refractivity contribution < 1.29 is 4.79 Å². The van der Waals surface area contributed by atoms with Crippen LogP contribution < -0.4 is 5.32 Å². The van der Waals surface area contributed by atoms with Gasteiger partial charge < -0.3 is 5.32 Å². The van der Waals surface area contributed by atoms with Crippen molar-refractivity contribution in [2.24, 2.45) is 4.99 Å². The number of amidine groups is 1. The number of unbranched alkanes of at least 4 members (excludes halogenated alkanes) is 1. The highest BCUT2D eigenvalue weighted by atomic mass is 32.2. The maximum atomic E-state index is 12.2. The molecule has 1 aliphatic rings. The monoisotopic (exact) mass is 338 g/mol. The van der Waals surface area contributed by atoms with E-state index in [1.54, 1.807) is 0 Å². The molecule has 2 aromatic carbocycles. The molecule has 3 nitrogen and oxygen atoms in total. The van der Waals surface area contributed by atoms with E-state index in [9.17, 15) is 4.79 Å². The molecule has 24 heavy (non-hydrogen) atoms. The average molecular weight is 338 g/mol. The maximum Gasteiger partial charge on any atom is 0.239 e.